The van der Waals surface area contributed by atoms with Crippen LogP contribution in [0.1, 0.15) is 11.5 Å². The van der Waals surface area contributed by atoms with E-state index in [1.165, 1.54) is 10.2 Å². The molecule has 7 heteroatoms. The predicted octanol–water partition coefficient (Wildman–Crippen LogP) is 1.11. The number of imidazole rings is 1. The summed E-state index contributed by atoms with van der Waals surface area (Å²) in [6, 6.07) is 1.74. The Morgan fingerprint density at radius 2 is 1.94 bits per heavy atom. The van der Waals surface area contributed by atoms with Gasteiger partial charge in [0.2, 0.25) is 10.0 Å². The Kier molecular flexibility index (Phi) is 2.07. The van der Waals surface area contributed by atoms with Gasteiger partial charge in [-0.3, -0.25) is 4.40 Å². The van der Waals surface area contributed by atoms with Crippen molar-refractivity contribution < 1.29 is 8.42 Å². The zero-order valence-corrected chi connectivity index (χ0v) is 11.1. The lowest BCUT2D eigenvalue weighted by atomic mass is 10.4. The normalized spacial score (nSPS) is 12.6. The van der Waals surface area contributed by atoms with Crippen LogP contribution in [0.15, 0.2) is 18.5 Å². The average Bonchev–Trinajstić information content (AvgIpc) is 2.79. The molecule has 0 atom stereocenters. The van der Waals surface area contributed by atoms with Gasteiger partial charge in [-0.15, -0.1) is 0 Å². The minimum atomic E-state index is -3.34. The number of hydrogen-bond donors (Lipinski definition) is 0. The van der Waals surface area contributed by atoms with E-state index in [2.05, 4.69) is 9.97 Å². The molecule has 0 saturated heterocycles. The SMILES string of the molecule is Cc1nc(C)n2c1cnc1c2ccn1S(C)(=O)=O. The summed E-state index contributed by atoms with van der Waals surface area (Å²) >= 11 is 0. The molecule has 3 rings (SSSR count). The molecule has 3 aromatic rings. The highest BCUT2D eigenvalue weighted by molar-refractivity contribution is 7.89. The Bertz CT molecular complexity index is 873. The molecular formula is C11H12N4O2S. The molecule has 0 N–H and O–H groups in total. The minimum Gasteiger partial charge on any atom is -0.292 e. The van der Waals surface area contributed by atoms with E-state index >= 15 is 0 Å². The zero-order chi connectivity index (χ0) is 13.1. The van der Waals surface area contributed by atoms with E-state index in [1.807, 2.05) is 18.2 Å². The second-order valence-corrected chi connectivity index (χ2v) is 6.17. The Morgan fingerprint density at radius 1 is 1.22 bits per heavy atom. The lowest BCUT2D eigenvalue weighted by Gasteiger charge is -2.02. The Hall–Kier alpha value is -1.89. The van der Waals surface area contributed by atoms with Crippen LogP contribution in [0, 0.1) is 13.8 Å². The van der Waals surface area contributed by atoms with Gasteiger partial charge in [0.05, 0.1) is 29.2 Å². The standard InChI is InChI=1S/C11H12N4O2S/c1-7-10-6-12-11-9(15(10)8(2)13-7)4-5-14(11)18(3,16)17/h4-6H,1-3H3. The first kappa shape index (κ1) is 11.2. The van der Waals surface area contributed by atoms with Gasteiger partial charge in [0, 0.05) is 6.20 Å². The first-order valence-electron chi connectivity index (χ1n) is 5.42. The monoisotopic (exact) mass is 264 g/mol. The fraction of sp³-hybridized carbons (Fsp3) is 0.273. The topological polar surface area (TPSA) is 69.3 Å². The van der Waals surface area contributed by atoms with Gasteiger partial charge in [-0.2, -0.15) is 0 Å². The van der Waals surface area contributed by atoms with Crippen molar-refractivity contribution in [3.8, 4) is 0 Å². The van der Waals surface area contributed by atoms with E-state index in [0.29, 0.717) is 5.65 Å². The van der Waals surface area contributed by atoms with Crippen LogP contribution in [-0.2, 0) is 10.0 Å². The van der Waals surface area contributed by atoms with Crippen molar-refractivity contribution in [2.24, 2.45) is 0 Å². The Labute approximate surface area is 104 Å². The number of nitrogens with zero attached hydrogens (tertiary/aromatic N) is 4. The van der Waals surface area contributed by atoms with Crippen LogP contribution in [0.4, 0.5) is 0 Å². The number of rotatable bonds is 1. The van der Waals surface area contributed by atoms with E-state index in [9.17, 15) is 8.42 Å². The van der Waals surface area contributed by atoms with Crippen LogP contribution >= 0.6 is 0 Å². The molecule has 18 heavy (non-hydrogen) atoms. The van der Waals surface area contributed by atoms with Gasteiger partial charge >= 0.3 is 0 Å². The predicted molar refractivity (Wildman–Crippen MR) is 68.2 cm³/mol. The van der Waals surface area contributed by atoms with Crippen LogP contribution in [0.3, 0.4) is 0 Å². The summed E-state index contributed by atoms with van der Waals surface area (Å²) < 4.78 is 26.4. The fourth-order valence-corrected chi connectivity index (χ4v) is 2.96. The van der Waals surface area contributed by atoms with Crippen molar-refractivity contribution in [2.75, 3.05) is 6.26 Å². The van der Waals surface area contributed by atoms with Crippen molar-refractivity contribution in [3.05, 3.63) is 30.0 Å². The quantitative estimate of drug-likeness (QED) is 0.660. The summed E-state index contributed by atoms with van der Waals surface area (Å²) in [5.74, 6) is 0.821. The highest BCUT2D eigenvalue weighted by Crippen LogP contribution is 2.20. The molecule has 0 aliphatic carbocycles. The summed E-state index contributed by atoms with van der Waals surface area (Å²) in [6.45, 7) is 3.79. The molecule has 0 radical (unpaired) electrons. The number of hydrogen-bond acceptors (Lipinski definition) is 4. The fourth-order valence-electron chi connectivity index (χ4n) is 2.23. The molecule has 0 saturated carbocycles. The van der Waals surface area contributed by atoms with Crippen LogP contribution < -0.4 is 0 Å². The highest BCUT2D eigenvalue weighted by atomic mass is 32.2. The van der Waals surface area contributed by atoms with Crippen LogP contribution in [0.25, 0.3) is 16.7 Å². The molecule has 0 fully saturated rings. The van der Waals surface area contributed by atoms with Gasteiger partial charge in [0.25, 0.3) is 0 Å². The molecule has 0 amide bonds. The molecule has 94 valence electrons. The van der Waals surface area contributed by atoms with Crippen LogP contribution in [-0.4, -0.2) is 33.0 Å². The molecule has 0 spiro atoms. The van der Waals surface area contributed by atoms with Crippen molar-refractivity contribution >= 4 is 26.7 Å². The minimum absolute atomic E-state index is 0.422. The molecule has 0 unspecified atom stereocenters. The van der Waals surface area contributed by atoms with Crippen molar-refractivity contribution in [2.45, 2.75) is 13.8 Å². The van der Waals surface area contributed by atoms with E-state index in [1.54, 1.807) is 12.3 Å². The molecule has 3 heterocycles. The zero-order valence-electron chi connectivity index (χ0n) is 10.2. The number of aromatic nitrogens is 4. The smallest absolute Gasteiger partial charge is 0.237 e. The van der Waals surface area contributed by atoms with Gasteiger partial charge < -0.3 is 0 Å². The average molecular weight is 264 g/mol. The van der Waals surface area contributed by atoms with E-state index < -0.39 is 10.0 Å². The third-order valence-electron chi connectivity index (χ3n) is 2.98. The summed E-state index contributed by atoms with van der Waals surface area (Å²) in [6.07, 6.45) is 4.32. The molecular weight excluding hydrogens is 252 g/mol. The lowest BCUT2D eigenvalue weighted by Crippen LogP contribution is -2.09. The van der Waals surface area contributed by atoms with Gasteiger partial charge in [-0.25, -0.2) is 22.4 Å². The van der Waals surface area contributed by atoms with Crippen molar-refractivity contribution in [3.63, 3.8) is 0 Å². The molecule has 0 aromatic carbocycles. The first-order chi connectivity index (χ1) is 8.39. The summed E-state index contributed by atoms with van der Waals surface area (Å²) in [4.78, 5) is 8.61. The first-order valence-corrected chi connectivity index (χ1v) is 7.26. The molecule has 0 aliphatic rings. The Morgan fingerprint density at radius 3 is 2.61 bits per heavy atom. The van der Waals surface area contributed by atoms with Crippen LogP contribution in [0.5, 0.6) is 0 Å². The van der Waals surface area contributed by atoms with E-state index in [4.69, 9.17) is 0 Å². The van der Waals surface area contributed by atoms with Crippen LogP contribution in [0.2, 0.25) is 0 Å². The van der Waals surface area contributed by atoms with Gasteiger partial charge in [0.1, 0.15) is 5.82 Å². The van der Waals surface area contributed by atoms with Gasteiger partial charge in [-0.05, 0) is 19.9 Å². The van der Waals surface area contributed by atoms with Crippen molar-refractivity contribution in [1.29, 1.82) is 0 Å². The molecule has 6 nitrogen and oxygen atoms in total. The lowest BCUT2D eigenvalue weighted by molar-refractivity contribution is 0.595. The Balaban J connectivity index is 2.55. The van der Waals surface area contributed by atoms with E-state index in [-0.39, 0.29) is 0 Å². The molecule has 0 aliphatic heterocycles. The maximum atomic E-state index is 11.6. The summed E-state index contributed by atoms with van der Waals surface area (Å²) in [5.41, 5.74) is 2.95. The largest absolute Gasteiger partial charge is 0.292 e. The molecule has 0 bridgehead atoms. The number of aryl methyl sites for hydroxylation is 2. The maximum Gasteiger partial charge on any atom is 0.237 e. The van der Waals surface area contributed by atoms with E-state index in [0.717, 1.165) is 28.8 Å². The molecule has 3 aromatic heterocycles. The third-order valence-corrected chi connectivity index (χ3v) is 3.99. The second-order valence-electron chi connectivity index (χ2n) is 4.31. The second kappa shape index (κ2) is 3.32. The van der Waals surface area contributed by atoms with Gasteiger partial charge in [-0.1, -0.05) is 0 Å². The van der Waals surface area contributed by atoms with Crippen molar-refractivity contribution in [1.82, 2.24) is 18.3 Å². The number of fused-ring (bicyclic) bond motifs is 3. The van der Waals surface area contributed by atoms with Gasteiger partial charge in [0.15, 0.2) is 5.65 Å². The summed E-state index contributed by atoms with van der Waals surface area (Å²) in [7, 11) is -3.34. The third kappa shape index (κ3) is 1.37. The highest BCUT2D eigenvalue weighted by Gasteiger charge is 2.15. The maximum absolute atomic E-state index is 11.6. The summed E-state index contributed by atoms with van der Waals surface area (Å²) in [5, 5.41) is 0.